The van der Waals surface area contributed by atoms with E-state index in [9.17, 15) is 22.8 Å². The zero-order valence-corrected chi connectivity index (χ0v) is 15.3. The number of H-pyrrole nitrogens is 1. The van der Waals surface area contributed by atoms with E-state index in [-0.39, 0.29) is 16.7 Å². The molecule has 3 rings (SSSR count). The Morgan fingerprint density at radius 1 is 1.14 bits per heavy atom. The molecule has 0 fully saturated rings. The van der Waals surface area contributed by atoms with Crippen LogP contribution < -0.4 is 20.6 Å². The van der Waals surface area contributed by atoms with Crippen LogP contribution in [0.4, 0.5) is 13.2 Å². The van der Waals surface area contributed by atoms with Gasteiger partial charge in [-0.25, -0.2) is 4.98 Å². The second-order valence-electron chi connectivity index (χ2n) is 5.74. The molecule has 0 saturated heterocycles. The molecule has 28 heavy (non-hydrogen) atoms. The molecular formula is C17H13ClF3N3O4. The number of methoxy groups -OCH3 is 2. The van der Waals surface area contributed by atoms with Crippen molar-refractivity contribution in [3.8, 4) is 11.5 Å². The molecule has 0 unspecified atom stereocenters. The Labute approximate surface area is 160 Å². The second kappa shape index (κ2) is 7.19. The molecule has 148 valence electrons. The van der Waals surface area contributed by atoms with Gasteiger partial charge in [-0.1, -0.05) is 11.6 Å². The minimum absolute atomic E-state index is 0.0257. The fourth-order valence-electron chi connectivity index (χ4n) is 2.62. The van der Waals surface area contributed by atoms with Gasteiger partial charge < -0.3 is 19.0 Å². The van der Waals surface area contributed by atoms with Crippen LogP contribution in [0.1, 0.15) is 11.4 Å². The van der Waals surface area contributed by atoms with Crippen molar-refractivity contribution in [2.75, 3.05) is 14.2 Å². The summed E-state index contributed by atoms with van der Waals surface area (Å²) >= 11 is 5.63. The summed E-state index contributed by atoms with van der Waals surface area (Å²) in [6, 6.07) is 3.43. The van der Waals surface area contributed by atoms with Crippen molar-refractivity contribution in [2.45, 2.75) is 12.7 Å². The SMILES string of the molecule is COc1cc2nc(Cn3cc(C(F)(F)F)cc(Cl)c3=O)[nH]c(=O)c2cc1OC. The maximum absolute atomic E-state index is 13.0. The van der Waals surface area contributed by atoms with Crippen LogP contribution in [0.25, 0.3) is 10.9 Å². The van der Waals surface area contributed by atoms with Gasteiger partial charge in [0.25, 0.3) is 11.1 Å². The van der Waals surface area contributed by atoms with Crippen LogP contribution in [0.15, 0.2) is 34.0 Å². The fraction of sp³-hybridized carbons (Fsp3) is 0.235. The predicted octanol–water partition coefficient (Wildman–Crippen LogP) is 2.82. The summed E-state index contributed by atoms with van der Waals surface area (Å²) < 4.78 is 49.9. The summed E-state index contributed by atoms with van der Waals surface area (Å²) in [5.74, 6) is 0.608. The number of pyridine rings is 1. The van der Waals surface area contributed by atoms with Gasteiger partial charge in [0.1, 0.15) is 10.8 Å². The zero-order valence-electron chi connectivity index (χ0n) is 14.6. The number of ether oxygens (including phenoxy) is 2. The van der Waals surface area contributed by atoms with E-state index in [1.54, 1.807) is 0 Å². The first-order valence-electron chi connectivity index (χ1n) is 7.76. The molecule has 1 aromatic carbocycles. The first kappa shape index (κ1) is 19.7. The highest BCUT2D eigenvalue weighted by atomic mass is 35.5. The molecule has 0 radical (unpaired) electrons. The van der Waals surface area contributed by atoms with E-state index >= 15 is 0 Å². The predicted molar refractivity (Wildman–Crippen MR) is 95.3 cm³/mol. The summed E-state index contributed by atoms with van der Waals surface area (Å²) in [5, 5.41) is -0.403. The summed E-state index contributed by atoms with van der Waals surface area (Å²) in [7, 11) is 2.81. The number of benzene rings is 1. The van der Waals surface area contributed by atoms with E-state index < -0.39 is 34.4 Å². The molecule has 1 N–H and O–H groups in total. The highest BCUT2D eigenvalue weighted by Crippen LogP contribution is 2.31. The van der Waals surface area contributed by atoms with Crippen LogP contribution in [0.2, 0.25) is 5.02 Å². The van der Waals surface area contributed by atoms with Gasteiger partial charge in [-0.3, -0.25) is 9.59 Å². The number of hydrogen-bond donors (Lipinski definition) is 1. The zero-order chi connectivity index (χ0) is 20.6. The van der Waals surface area contributed by atoms with Gasteiger partial charge in [0, 0.05) is 12.3 Å². The lowest BCUT2D eigenvalue weighted by molar-refractivity contribution is -0.138. The van der Waals surface area contributed by atoms with Crippen molar-refractivity contribution in [3.05, 3.63) is 61.5 Å². The second-order valence-corrected chi connectivity index (χ2v) is 6.15. The quantitative estimate of drug-likeness (QED) is 0.708. The number of hydrogen-bond acceptors (Lipinski definition) is 5. The Hall–Kier alpha value is -3.01. The molecule has 2 heterocycles. The molecular weight excluding hydrogens is 403 g/mol. The number of alkyl halides is 3. The molecule has 2 aromatic heterocycles. The molecule has 0 atom stereocenters. The summed E-state index contributed by atoms with van der Waals surface area (Å²) in [4.78, 5) is 31.1. The Morgan fingerprint density at radius 3 is 2.39 bits per heavy atom. The number of aromatic nitrogens is 3. The molecule has 0 aliphatic rings. The third kappa shape index (κ3) is 3.68. The normalized spacial score (nSPS) is 11.6. The lowest BCUT2D eigenvalue weighted by Crippen LogP contribution is -2.25. The molecule has 0 aliphatic heterocycles. The molecule has 11 heteroatoms. The van der Waals surface area contributed by atoms with Crippen molar-refractivity contribution < 1.29 is 22.6 Å². The van der Waals surface area contributed by atoms with Crippen LogP contribution in [-0.2, 0) is 12.7 Å². The standard InChI is InChI=1S/C17H13ClF3N3O4/c1-27-12-4-9-11(5-13(12)28-2)22-14(23-15(9)25)7-24-6-8(17(19,20)21)3-10(18)16(24)26/h3-6H,7H2,1-2H3,(H,22,23,25). The van der Waals surface area contributed by atoms with Crippen molar-refractivity contribution in [1.82, 2.24) is 14.5 Å². The number of halogens is 4. The molecule has 0 amide bonds. The van der Waals surface area contributed by atoms with Crippen LogP contribution in [0.3, 0.4) is 0 Å². The third-order valence-electron chi connectivity index (χ3n) is 3.95. The average Bonchev–Trinajstić information content (AvgIpc) is 2.63. The first-order chi connectivity index (χ1) is 13.1. The topological polar surface area (TPSA) is 86.2 Å². The maximum atomic E-state index is 13.0. The van der Waals surface area contributed by atoms with E-state index in [0.717, 1.165) is 4.57 Å². The Balaban J connectivity index is 2.12. The van der Waals surface area contributed by atoms with Gasteiger partial charge in [0.15, 0.2) is 11.5 Å². The van der Waals surface area contributed by atoms with E-state index in [0.29, 0.717) is 23.8 Å². The number of nitrogens with zero attached hydrogens (tertiary/aromatic N) is 2. The largest absolute Gasteiger partial charge is 0.493 e. The molecule has 0 spiro atoms. The molecule has 7 nitrogen and oxygen atoms in total. The monoisotopic (exact) mass is 415 g/mol. The highest BCUT2D eigenvalue weighted by Gasteiger charge is 2.32. The van der Waals surface area contributed by atoms with Gasteiger partial charge in [-0.15, -0.1) is 0 Å². The third-order valence-corrected chi connectivity index (χ3v) is 4.22. The Kier molecular flexibility index (Phi) is 5.07. The minimum atomic E-state index is -4.69. The molecule has 0 aliphatic carbocycles. The van der Waals surface area contributed by atoms with Crippen molar-refractivity contribution in [1.29, 1.82) is 0 Å². The highest BCUT2D eigenvalue weighted by molar-refractivity contribution is 6.30. The lowest BCUT2D eigenvalue weighted by atomic mass is 10.2. The van der Waals surface area contributed by atoms with Crippen LogP contribution in [-0.4, -0.2) is 28.8 Å². The fourth-order valence-corrected chi connectivity index (χ4v) is 2.85. The van der Waals surface area contributed by atoms with E-state index in [2.05, 4.69) is 9.97 Å². The summed E-state index contributed by atoms with van der Waals surface area (Å²) in [5.41, 5.74) is -2.26. The Morgan fingerprint density at radius 2 is 1.79 bits per heavy atom. The molecule has 3 aromatic rings. The van der Waals surface area contributed by atoms with Gasteiger partial charge in [0.2, 0.25) is 0 Å². The van der Waals surface area contributed by atoms with Gasteiger partial charge in [-0.05, 0) is 12.1 Å². The number of aromatic amines is 1. The van der Waals surface area contributed by atoms with Crippen molar-refractivity contribution in [2.24, 2.45) is 0 Å². The van der Waals surface area contributed by atoms with Gasteiger partial charge in [-0.2, -0.15) is 13.2 Å². The molecule has 0 bridgehead atoms. The smallest absolute Gasteiger partial charge is 0.417 e. The van der Waals surface area contributed by atoms with Crippen LogP contribution in [0.5, 0.6) is 11.5 Å². The summed E-state index contributed by atoms with van der Waals surface area (Å²) in [6.07, 6.45) is -4.07. The van der Waals surface area contributed by atoms with Crippen LogP contribution in [0, 0.1) is 0 Å². The first-order valence-corrected chi connectivity index (χ1v) is 8.14. The van der Waals surface area contributed by atoms with Crippen molar-refractivity contribution in [3.63, 3.8) is 0 Å². The Bertz CT molecular complexity index is 1170. The van der Waals surface area contributed by atoms with E-state index in [4.69, 9.17) is 21.1 Å². The number of rotatable bonds is 4. The minimum Gasteiger partial charge on any atom is -0.493 e. The summed E-state index contributed by atoms with van der Waals surface area (Å²) in [6.45, 7) is -0.415. The number of nitrogens with one attached hydrogen (secondary N) is 1. The van der Waals surface area contributed by atoms with Gasteiger partial charge >= 0.3 is 6.18 Å². The van der Waals surface area contributed by atoms with Crippen LogP contribution >= 0.6 is 11.6 Å². The van der Waals surface area contributed by atoms with E-state index in [1.165, 1.54) is 26.4 Å². The molecule has 0 saturated carbocycles. The lowest BCUT2D eigenvalue weighted by Gasteiger charge is -2.12. The maximum Gasteiger partial charge on any atom is 0.417 e. The number of fused-ring (bicyclic) bond motifs is 1. The van der Waals surface area contributed by atoms with E-state index in [1.807, 2.05) is 0 Å². The van der Waals surface area contributed by atoms with Crippen molar-refractivity contribution >= 4 is 22.5 Å². The van der Waals surface area contributed by atoms with Gasteiger partial charge in [0.05, 0.1) is 37.2 Å². The average molecular weight is 416 g/mol.